The quantitative estimate of drug-likeness (QED) is 0.579. The van der Waals surface area contributed by atoms with Crippen LogP contribution in [0.4, 0.5) is 0 Å². The van der Waals surface area contributed by atoms with E-state index in [4.69, 9.17) is 11.6 Å². The minimum absolute atomic E-state index is 0.0822. The lowest BCUT2D eigenvalue weighted by Gasteiger charge is -2.06. The molecule has 19 heavy (non-hydrogen) atoms. The summed E-state index contributed by atoms with van der Waals surface area (Å²) in [4.78, 5) is 14.4. The fourth-order valence-electron chi connectivity index (χ4n) is 1.33. The highest BCUT2D eigenvalue weighted by molar-refractivity contribution is 7.89. The summed E-state index contributed by atoms with van der Waals surface area (Å²) in [5.74, 6) is -0.0900. The number of rotatable bonds is 7. The van der Waals surface area contributed by atoms with Crippen LogP contribution < -0.4 is 10.0 Å². The Bertz CT molecular complexity index is 516. The molecule has 106 valence electrons. The van der Waals surface area contributed by atoms with Crippen LogP contribution in [0.25, 0.3) is 0 Å². The van der Waals surface area contributed by atoms with E-state index in [1.807, 2.05) is 0 Å². The normalized spacial score (nSPS) is 11.3. The van der Waals surface area contributed by atoms with Gasteiger partial charge < -0.3 is 5.32 Å². The Hall–Kier alpha value is -1.18. The lowest BCUT2D eigenvalue weighted by Crippen LogP contribution is -2.26. The summed E-state index contributed by atoms with van der Waals surface area (Å²) < 4.78 is 26.1. The highest BCUT2D eigenvalue weighted by Gasteiger charge is 2.13. The zero-order valence-electron chi connectivity index (χ0n) is 10.5. The number of hydrogen-bond donors (Lipinski definition) is 2. The number of hydrogen-bond acceptors (Lipinski definition) is 4. The first-order valence-electron chi connectivity index (χ1n) is 5.77. The highest BCUT2D eigenvalue weighted by atomic mass is 35.5. The zero-order chi connectivity index (χ0) is 14.3. The van der Waals surface area contributed by atoms with Gasteiger partial charge in [-0.15, -0.1) is 0 Å². The topological polar surface area (TPSA) is 88.2 Å². The molecule has 0 aliphatic heterocycles. The van der Waals surface area contributed by atoms with Crippen LogP contribution in [-0.2, 0) is 14.8 Å². The van der Waals surface area contributed by atoms with Crippen molar-refractivity contribution in [2.75, 3.05) is 13.1 Å². The van der Waals surface area contributed by atoms with Crippen LogP contribution in [0, 0.1) is 0 Å². The summed E-state index contributed by atoms with van der Waals surface area (Å²) in [5.41, 5.74) is 0. The molecule has 0 bridgehead atoms. The molecule has 0 aliphatic carbocycles. The van der Waals surface area contributed by atoms with Gasteiger partial charge in [-0.05, 0) is 25.0 Å². The first-order chi connectivity index (χ1) is 8.92. The van der Waals surface area contributed by atoms with Gasteiger partial charge in [-0.3, -0.25) is 4.79 Å². The lowest BCUT2D eigenvalue weighted by molar-refractivity contribution is -0.118. The number of nitrogens with one attached hydrogen (secondary N) is 2. The first kappa shape index (κ1) is 15.9. The minimum atomic E-state index is -3.54. The van der Waals surface area contributed by atoms with E-state index >= 15 is 0 Å². The van der Waals surface area contributed by atoms with Gasteiger partial charge in [0.15, 0.2) is 0 Å². The lowest BCUT2D eigenvalue weighted by atomic mass is 10.3. The van der Waals surface area contributed by atoms with Gasteiger partial charge in [0.1, 0.15) is 10.0 Å². The molecule has 6 nitrogen and oxygen atoms in total. The molecule has 0 saturated carbocycles. The van der Waals surface area contributed by atoms with Crippen LogP contribution in [0.15, 0.2) is 23.2 Å². The summed E-state index contributed by atoms with van der Waals surface area (Å²) in [7, 11) is -3.54. The molecule has 1 rings (SSSR count). The maximum Gasteiger partial charge on any atom is 0.242 e. The first-order valence-corrected chi connectivity index (χ1v) is 7.63. The molecule has 1 aromatic heterocycles. The molecule has 1 heterocycles. The number of aromatic nitrogens is 1. The number of halogens is 1. The van der Waals surface area contributed by atoms with Gasteiger partial charge in [-0.2, -0.15) is 0 Å². The van der Waals surface area contributed by atoms with Crippen molar-refractivity contribution < 1.29 is 13.2 Å². The second-order valence-electron chi connectivity index (χ2n) is 3.90. The third-order valence-electron chi connectivity index (χ3n) is 2.28. The minimum Gasteiger partial charge on any atom is -0.356 e. The van der Waals surface area contributed by atoms with Crippen molar-refractivity contribution in [3.8, 4) is 0 Å². The van der Waals surface area contributed by atoms with Gasteiger partial charge in [0, 0.05) is 26.2 Å². The number of pyridine rings is 1. The Morgan fingerprint density at radius 3 is 2.58 bits per heavy atom. The van der Waals surface area contributed by atoms with Crippen molar-refractivity contribution in [1.29, 1.82) is 0 Å². The van der Waals surface area contributed by atoms with Crippen LogP contribution in [0.2, 0.25) is 5.15 Å². The third kappa shape index (κ3) is 6.00. The molecular weight excluding hydrogens is 290 g/mol. The van der Waals surface area contributed by atoms with Gasteiger partial charge >= 0.3 is 0 Å². The third-order valence-corrected chi connectivity index (χ3v) is 3.95. The van der Waals surface area contributed by atoms with E-state index in [1.54, 1.807) is 0 Å². The smallest absolute Gasteiger partial charge is 0.242 e. The second-order valence-corrected chi connectivity index (χ2v) is 6.06. The van der Waals surface area contributed by atoms with Crippen molar-refractivity contribution >= 4 is 27.5 Å². The Labute approximate surface area is 117 Å². The Morgan fingerprint density at radius 1 is 1.32 bits per heavy atom. The Balaban J connectivity index is 2.35. The molecule has 1 aromatic rings. The highest BCUT2D eigenvalue weighted by Crippen LogP contribution is 2.10. The SMILES string of the molecule is CC(=O)NCCCCNS(=O)(=O)c1ccc(Cl)nc1. The molecule has 0 spiro atoms. The van der Waals surface area contributed by atoms with Crippen LogP contribution in [-0.4, -0.2) is 32.4 Å². The van der Waals surface area contributed by atoms with E-state index in [9.17, 15) is 13.2 Å². The largest absolute Gasteiger partial charge is 0.356 e. The molecule has 0 radical (unpaired) electrons. The van der Waals surface area contributed by atoms with E-state index in [-0.39, 0.29) is 16.0 Å². The second kappa shape index (κ2) is 7.42. The van der Waals surface area contributed by atoms with E-state index in [1.165, 1.54) is 25.3 Å². The standard InChI is InChI=1S/C11H16ClN3O3S/c1-9(16)13-6-2-3-7-15-19(17,18)10-4-5-11(12)14-8-10/h4-5,8,15H,2-3,6-7H2,1H3,(H,13,16). The van der Waals surface area contributed by atoms with Gasteiger partial charge in [0.25, 0.3) is 0 Å². The molecule has 2 N–H and O–H groups in total. The number of unbranched alkanes of at least 4 members (excludes halogenated alkanes) is 1. The molecule has 0 aromatic carbocycles. The van der Waals surface area contributed by atoms with Gasteiger partial charge in [0.05, 0.1) is 0 Å². The van der Waals surface area contributed by atoms with Gasteiger partial charge in [-0.25, -0.2) is 18.1 Å². The summed E-state index contributed by atoms with van der Waals surface area (Å²) in [6.07, 6.45) is 2.56. The molecular formula is C11H16ClN3O3S. The van der Waals surface area contributed by atoms with E-state index < -0.39 is 10.0 Å². The number of nitrogens with zero attached hydrogens (tertiary/aromatic N) is 1. The van der Waals surface area contributed by atoms with Crippen molar-refractivity contribution in [3.63, 3.8) is 0 Å². The summed E-state index contributed by atoms with van der Waals surface area (Å²) in [5, 5.41) is 2.88. The molecule has 0 aliphatic rings. The fraction of sp³-hybridized carbons (Fsp3) is 0.455. The number of sulfonamides is 1. The summed E-state index contributed by atoms with van der Waals surface area (Å²) in [6.45, 7) is 2.29. The maximum absolute atomic E-state index is 11.8. The van der Waals surface area contributed by atoms with Crippen molar-refractivity contribution in [3.05, 3.63) is 23.5 Å². The number of carbonyl (C=O) groups excluding carboxylic acids is 1. The molecule has 0 saturated heterocycles. The molecule has 0 fully saturated rings. The van der Waals surface area contributed by atoms with Gasteiger partial charge in [-0.1, -0.05) is 11.6 Å². The monoisotopic (exact) mass is 305 g/mol. The van der Waals surface area contributed by atoms with Crippen LogP contribution >= 0.6 is 11.6 Å². The average Bonchev–Trinajstić information content (AvgIpc) is 2.34. The van der Waals surface area contributed by atoms with Crippen LogP contribution in [0.5, 0.6) is 0 Å². The Morgan fingerprint density at radius 2 is 2.00 bits per heavy atom. The molecule has 0 unspecified atom stereocenters. The Kier molecular flexibility index (Phi) is 6.20. The average molecular weight is 306 g/mol. The van der Waals surface area contributed by atoms with E-state index in [0.717, 1.165) is 0 Å². The molecule has 0 atom stereocenters. The zero-order valence-corrected chi connectivity index (χ0v) is 12.1. The molecule has 8 heteroatoms. The van der Waals surface area contributed by atoms with Crippen molar-refractivity contribution in [1.82, 2.24) is 15.0 Å². The van der Waals surface area contributed by atoms with Crippen molar-refractivity contribution in [2.45, 2.75) is 24.7 Å². The van der Waals surface area contributed by atoms with Crippen molar-refractivity contribution in [2.24, 2.45) is 0 Å². The number of carbonyl (C=O) groups is 1. The van der Waals surface area contributed by atoms with E-state index in [0.29, 0.717) is 25.9 Å². The maximum atomic E-state index is 11.8. The number of amides is 1. The van der Waals surface area contributed by atoms with Gasteiger partial charge in [0.2, 0.25) is 15.9 Å². The molecule has 1 amide bonds. The summed E-state index contributed by atoms with van der Waals surface area (Å²) >= 11 is 5.59. The summed E-state index contributed by atoms with van der Waals surface area (Å²) in [6, 6.07) is 2.82. The van der Waals surface area contributed by atoms with E-state index in [2.05, 4.69) is 15.0 Å². The predicted molar refractivity (Wildman–Crippen MR) is 72.4 cm³/mol. The van der Waals surface area contributed by atoms with Crippen LogP contribution in [0.1, 0.15) is 19.8 Å². The fourth-order valence-corrected chi connectivity index (χ4v) is 2.46. The van der Waals surface area contributed by atoms with Crippen LogP contribution in [0.3, 0.4) is 0 Å². The predicted octanol–water partition coefficient (Wildman–Crippen LogP) is 0.930.